The van der Waals surface area contributed by atoms with Crippen LogP contribution in [0.2, 0.25) is 0 Å². The zero-order valence-electron chi connectivity index (χ0n) is 14.8. The molecule has 8 heteroatoms. The van der Waals surface area contributed by atoms with Crippen LogP contribution in [0.25, 0.3) is 21.5 Å². The van der Waals surface area contributed by atoms with Crippen LogP contribution in [-0.2, 0) is 6.54 Å². The zero-order chi connectivity index (χ0) is 18.8. The van der Waals surface area contributed by atoms with Crippen LogP contribution >= 0.6 is 11.3 Å². The van der Waals surface area contributed by atoms with Crippen molar-refractivity contribution < 1.29 is 9.21 Å². The van der Waals surface area contributed by atoms with Crippen molar-refractivity contribution in [2.75, 3.05) is 5.32 Å². The SMILES string of the molecule is Cc1nc(C)c(-c2nnc(NC(=O)NCc3cccc4ccccc34)o2)s1. The maximum atomic E-state index is 12.2. The lowest BCUT2D eigenvalue weighted by molar-refractivity contribution is 0.251. The molecule has 2 N–H and O–H groups in total. The molecule has 7 nitrogen and oxygen atoms in total. The highest BCUT2D eigenvalue weighted by molar-refractivity contribution is 7.15. The molecule has 0 atom stereocenters. The Morgan fingerprint density at radius 2 is 1.93 bits per heavy atom. The standard InChI is InChI=1S/C19H17N5O2S/c1-11-16(27-12(2)21-11)17-23-24-19(26-17)22-18(25)20-10-14-8-5-7-13-6-3-4-9-15(13)14/h3-9H,10H2,1-2H3,(H2,20,22,24,25). The molecule has 0 radical (unpaired) electrons. The van der Waals surface area contributed by atoms with E-state index in [1.54, 1.807) is 0 Å². The van der Waals surface area contributed by atoms with E-state index in [2.05, 4.69) is 25.8 Å². The molecule has 2 heterocycles. The second-order valence-electron chi connectivity index (χ2n) is 6.01. The maximum Gasteiger partial charge on any atom is 0.324 e. The highest BCUT2D eigenvalue weighted by atomic mass is 32.1. The Morgan fingerprint density at radius 3 is 2.74 bits per heavy atom. The summed E-state index contributed by atoms with van der Waals surface area (Å²) in [5, 5.41) is 16.4. The predicted octanol–water partition coefficient (Wildman–Crippen LogP) is 4.28. The van der Waals surface area contributed by atoms with Crippen molar-refractivity contribution in [3.8, 4) is 10.8 Å². The number of carbonyl (C=O) groups is 1. The van der Waals surface area contributed by atoms with E-state index < -0.39 is 6.03 Å². The lowest BCUT2D eigenvalue weighted by atomic mass is 10.0. The lowest BCUT2D eigenvalue weighted by Gasteiger charge is -2.08. The number of amides is 2. The van der Waals surface area contributed by atoms with E-state index in [0.717, 1.165) is 31.9 Å². The Morgan fingerprint density at radius 1 is 1.11 bits per heavy atom. The van der Waals surface area contributed by atoms with E-state index >= 15 is 0 Å². The number of aryl methyl sites for hydroxylation is 2. The van der Waals surface area contributed by atoms with E-state index in [9.17, 15) is 4.79 Å². The quantitative estimate of drug-likeness (QED) is 0.552. The predicted molar refractivity (Wildman–Crippen MR) is 105 cm³/mol. The van der Waals surface area contributed by atoms with Gasteiger partial charge in [-0.15, -0.1) is 16.4 Å². The van der Waals surface area contributed by atoms with Gasteiger partial charge in [-0.2, -0.15) is 0 Å². The summed E-state index contributed by atoms with van der Waals surface area (Å²) < 4.78 is 5.53. The van der Waals surface area contributed by atoms with Gasteiger partial charge >= 0.3 is 12.0 Å². The van der Waals surface area contributed by atoms with Crippen LogP contribution in [0.5, 0.6) is 0 Å². The summed E-state index contributed by atoms with van der Waals surface area (Å²) in [6.07, 6.45) is 0. The Kier molecular flexibility index (Phi) is 4.55. The molecule has 2 aromatic carbocycles. The molecule has 2 amide bonds. The van der Waals surface area contributed by atoms with Crippen LogP contribution in [0.15, 0.2) is 46.9 Å². The fourth-order valence-electron chi connectivity index (χ4n) is 2.86. The number of benzene rings is 2. The van der Waals surface area contributed by atoms with Crippen molar-refractivity contribution in [3.63, 3.8) is 0 Å². The second kappa shape index (κ2) is 7.16. The topological polar surface area (TPSA) is 92.9 Å². The highest BCUT2D eigenvalue weighted by Gasteiger charge is 2.16. The average molecular weight is 379 g/mol. The van der Waals surface area contributed by atoms with Gasteiger partial charge in [-0.3, -0.25) is 5.32 Å². The largest absolute Gasteiger partial charge is 0.402 e. The molecule has 0 aliphatic carbocycles. The van der Waals surface area contributed by atoms with Gasteiger partial charge in [-0.1, -0.05) is 47.6 Å². The van der Waals surface area contributed by atoms with Gasteiger partial charge in [0.05, 0.1) is 10.7 Å². The van der Waals surface area contributed by atoms with Gasteiger partial charge in [0.1, 0.15) is 4.88 Å². The van der Waals surface area contributed by atoms with Crippen molar-refractivity contribution in [1.29, 1.82) is 0 Å². The molecule has 4 rings (SSSR count). The van der Waals surface area contributed by atoms with Crippen molar-refractivity contribution in [1.82, 2.24) is 20.5 Å². The summed E-state index contributed by atoms with van der Waals surface area (Å²) in [5.41, 5.74) is 1.86. The first-order valence-corrected chi connectivity index (χ1v) is 9.21. The normalized spacial score (nSPS) is 10.9. The van der Waals surface area contributed by atoms with Gasteiger partial charge in [-0.05, 0) is 30.2 Å². The number of carbonyl (C=O) groups excluding carboxylic acids is 1. The molecular formula is C19H17N5O2S. The fraction of sp³-hybridized carbons (Fsp3) is 0.158. The summed E-state index contributed by atoms with van der Waals surface area (Å²) in [6.45, 7) is 4.19. The minimum Gasteiger partial charge on any atom is -0.402 e. The number of hydrogen-bond donors (Lipinski definition) is 2. The minimum absolute atomic E-state index is 0.0471. The number of aromatic nitrogens is 3. The molecule has 0 saturated heterocycles. The molecule has 27 heavy (non-hydrogen) atoms. The Hall–Kier alpha value is -3.26. The van der Waals surface area contributed by atoms with Crippen LogP contribution in [0.3, 0.4) is 0 Å². The first kappa shape index (κ1) is 17.2. The van der Waals surface area contributed by atoms with Crippen LogP contribution in [-0.4, -0.2) is 21.2 Å². The van der Waals surface area contributed by atoms with Gasteiger partial charge in [0, 0.05) is 6.54 Å². The molecule has 0 spiro atoms. The van der Waals surface area contributed by atoms with E-state index in [-0.39, 0.29) is 6.01 Å². The number of rotatable bonds is 4. The van der Waals surface area contributed by atoms with Crippen LogP contribution in [0.1, 0.15) is 16.3 Å². The van der Waals surface area contributed by atoms with Gasteiger partial charge in [0.15, 0.2) is 0 Å². The molecule has 0 aliphatic heterocycles. The number of nitrogens with one attached hydrogen (secondary N) is 2. The first-order chi connectivity index (χ1) is 13.1. The van der Waals surface area contributed by atoms with Gasteiger partial charge in [-0.25, -0.2) is 9.78 Å². The third-order valence-corrected chi connectivity index (χ3v) is 5.12. The summed E-state index contributed by atoms with van der Waals surface area (Å²) in [7, 11) is 0. The molecular weight excluding hydrogens is 362 g/mol. The molecule has 2 aromatic heterocycles. The fourth-order valence-corrected chi connectivity index (χ4v) is 3.70. The Balaban J connectivity index is 1.42. The highest BCUT2D eigenvalue weighted by Crippen LogP contribution is 2.29. The van der Waals surface area contributed by atoms with Crippen molar-refractivity contribution in [3.05, 3.63) is 58.7 Å². The average Bonchev–Trinajstić information content (AvgIpc) is 3.25. The van der Waals surface area contributed by atoms with Crippen LogP contribution < -0.4 is 10.6 Å². The second-order valence-corrected chi connectivity index (χ2v) is 7.21. The maximum absolute atomic E-state index is 12.2. The van der Waals surface area contributed by atoms with E-state index in [0.29, 0.717) is 12.4 Å². The zero-order valence-corrected chi connectivity index (χ0v) is 15.6. The molecule has 0 bridgehead atoms. The molecule has 136 valence electrons. The number of anilines is 1. The van der Waals surface area contributed by atoms with Crippen LogP contribution in [0.4, 0.5) is 10.8 Å². The van der Waals surface area contributed by atoms with E-state index in [1.807, 2.05) is 56.3 Å². The van der Waals surface area contributed by atoms with Gasteiger partial charge < -0.3 is 9.73 Å². The Labute approximate surface area is 159 Å². The Bertz CT molecular complexity index is 1110. The summed E-state index contributed by atoms with van der Waals surface area (Å²) in [6, 6.07) is 13.7. The molecule has 0 aliphatic rings. The number of fused-ring (bicyclic) bond motifs is 1. The number of urea groups is 1. The monoisotopic (exact) mass is 379 g/mol. The smallest absolute Gasteiger partial charge is 0.324 e. The van der Waals surface area contributed by atoms with Crippen LogP contribution in [0, 0.1) is 13.8 Å². The summed E-state index contributed by atoms with van der Waals surface area (Å²) in [5.74, 6) is 0.349. The first-order valence-electron chi connectivity index (χ1n) is 8.39. The lowest BCUT2D eigenvalue weighted by Crippen LogP contribution is -2.28. The number of hydrogen-bond acceptors (Lipinski definition) is 6. The van der Waals surface area contributed by atoms with Gasteiger partial charge in [0.2, 0.25) is 0 Å². The number of thiazole rings is 1. The van der Waals surface area contributed by atoms with Crippen molar-refractivity contribution >= 4 is 34.2 Å². The van der Waals surface area contributed by atoms with E-state index in [4.69, 9.17) is 4.42 Å². The third-order valence-electron chi connectivity index (χ3n) is 4.06. The van der Waals surface area contributed by atoms with Crippen molar-refractivity contribution in [2.45, 2.75) is 20.4 Å². The summed E-state index contributed by atoms with van der Waals surface area (Å²) in [4.78, 5) is 17.3. The van der Waals surface area contributed by atoms with Gasteiger partial charge in [0.25, 0.3) is 5.89 Å². The van der Waals surface area contributed by atoms with E-state index in [1.165, 1.54) is 11.3 Å². The summed E-state index contributed by atoms with van der Waals surface area (Å²) >= 11 is 1.47. The minimum atomic E-state index is -0.407. The van der Waals surface area contributed by atoms with Crippen molar-refractivity contribution in [2.24, 2.45) is 0 Å². The molecule has 0 saturated carbocycles. The molecule has 0 fully saturated rings. The molecule has 4 aromatic rings. The third kappa shape index (κ3) is 3.65. The molecule has 0 unspecified atom stereocenters. The number of nitrogens with zero attached hydrogens (tertiary/aromatic N) is 3.